The van der Waals surface area contributed by atoms with Crippen LogP contribution in [0.15, 0.2) is 0 Å². The molecule has 0 aromatic rings. The molecule has 0 aliphatic rings. The maximum Gasteiger partial charge on any atom is 0.306 e. The van der Waals surface area contributed by atoms with E-state index in [1.807, 2.05) is 21.1 Å². The predicted molar refractivity (Wildman–Crippen MR) is 242 cm³/mol. The van der Waals surface area contributed by atoms with E-state index in [4.69, 9.17) is 18.9 Å². The standard InChI is InChI=1S/C50H97NO8/c1-6-8-10-12-14-15-16-17-18-19-20-21-22-23-24-25-26-27-28-29-30-31-32-33-34-35-37-39-41-48(53)59-46(44-57-47(52)40-38-36-13-11-9-7-2)45-58-50(49(54)55)56-43-42-51(3,4)5/h46,50H,6-45H2,1-5H3. The lowest BCUT2D eigenvalue weighted by atomic mass is 10.0. The summed E-state index contributed by atoms with van der Waals surface area (Å²) in [4.78, 5) is 36.8. The Kier molecular flexibility index (Phi) is 41.7. The van der Waals surface area contributed by atoms with Gasteiger partial charge in [-0.1, -0.05) is 219 Å². The van der Waals surface area contributed by atoms with Gasteiger partial charge in [0, 0.05) is 12.8 Å². The third kappa shape index (κ3) is 44.2. The summed E-state index contributed by atoms with van der Waals surface area (Å²) in [5.41, 5.74) is 0. The summed E-state index contributed by atoms with van der Waals surface area (Å²) >= 11 is 0. The van der Waals surface area contributed by atoms with Crippen LogP contribution >= 0.6 is 0 Å². The van der Waals surface area contributed by atoms with E-state index in [1.165, 1.54) is 173 Å². The number of rotatable bonds is 47. The topological polar surface area (TPSA) is 111 Å². The molecule has 0 bridgehead atoms. The monoisotopic (exact) mass is 840 g/mol. The van der Waals surface area contributed by atoms with Gasteiger partial charge in [0.2, 0.25) is 0 Å². The van der Waals surface area contributed by atoms with Crippen molar-refractivity contribution in [3.05, 3.63) is 0 Å². The molecule has 0 aromatic heterocycles. The Bertz CT molecular complexity index is 938. The second-order valence-corrected chi connectivity index (χ2v) is 18.5. The van der Waals surface area contributed by atoms with E-state index in [0.717, 1.165) is 44.9 Å². The molecule has 0 aliphatic heterocycles. The number of aliphatic carboxylic acids is 1. The molecule has 59 heavy (non-hydrogen) atoms. The van der Waals surface area contributed by atoms with Gasteiger partial charge >= 0.3 is 11.9 Å². The molecule has 0 N–H and O–H groups in total. The van der Waals surface area contributed by atoms with Gasteiger partial charge in [-0.15, -0.1) is 0 Å². The Morgan fingerprint density at radius 2 is 0.763 bits per heavy atom. The van der Waals surface area contributed by atoms with Crippen molar-refractivity contribution in [3.8, 4) is 0 Å². The molecule has 0 heterocycles. The molecule has 350 valence electrons. The normalized spacial score (nSPS) is 12.8. The number of unbranched alkanes of at least 4 members (excludes halogenated alkanes) is 32. The highest BCUT2D eigenvalue weighted by atomic mass is 16.7. The van der Waals surface area contributed by atoms with Crippen molar-refractivity contribution < 1.29 is 42.9 Å². The highest BCUT2D eigenvalue weighted by Gasteiger charge is 2.22. The van der Waals surface area contributed by atoms with Crippen molar-refractivity contribution in [3.63, 3.8) is 0 Å². The summed E-state index contributed by atoms with van der Waals surface area (Å²) < 4.78 is 22.5. The fourth-order valence-corrected chi connectivity index (χ4v) is 7.42. The van der Waals surface area contributed by atoms with Crippen molar-refractivity contribution in [1.29, 1.82) is 0 Å². The van der Waals surface area contributed by atoms with Crippen LogP contribution in [0.2, 0.25) is 0 Å². The SMILES string of the molecule is CCCCCCCCCCCCCCCCCCCCCCCCCCCCCCC(=O)OC(COC(=O)CCCCCCCC)COC(OCC[N+](C)(C)C)C(=O)[O-]. The zero-order valence-electron chi connectivity index (χ0n) is 39.7. The summed E-state index contributed by atoms with van der Waals surface area (Å²) in [6.45, 7) is 4.71. The number of ether oxygens (including phenoxy) is 4. The van der Waals surface area contributed by atoms with Crippen LogP contribution in [0, 0.1) is 0 Å². The maximum absolute atomic E-state index is 12.7. The van der Waals surface area contributed by atoms with Crippen molar-refractivity contribution in [2.45, 2.75) is 257 Å². The van der Waals surface area contributed by atoms with Gasteiger partial charge in [-0.25, -0.2) is 0 Å². The van der Waals surface area contributed by atoms with Gasteiger partial charge in [-0.05, 0) is 12.8 Å². The molecule has 0 radical (unpaired) electrons. The Labute approximate surface area is 364 Å². The van der Waals surface area contributed by atoms with Crippen molar-refractivity contribution in [1.82, 2.24) is 0 Å². The zero-order chi connectivity index (χ0) is 43.5. The molecule has 0 saturated carbocycles. The predicted octanol–water partition coefficient (Wildman–Crippen LogP) is 12.3. The molecule has 2 atom stereocenters. The quantitative estimate of drug-likeness (QED) is 0.0258. The van der Waals surface area contributed by atoms with Crippen LogP contribution in [0.3, 0.4) is 0 Å². The lowest BCUT2D eigenvalue weighted by Crippen LogP contribution is -2.44. The molecule has 2 unspecified atom stereocenters. The van der Waals surface area contributed by atoms with Gasteiger partial charge < -0.3 is 33.3 Å². The highest BCUT2D eigenvalue weighted by Crippen LogP contribution is 2.17. The first kappa shape index (κ1) is 57.3. The average Bonchev–Trinajstić information content (AvgIpc) is 3.19. The molecule has 0 rings (SSSR count). The molecule has 0 amide bonds. The lowest BCUT2D eigenvalue weighted by Gasteiger charge is -2.26. The molecule has 0 fully saturated rings. The fraction of sp³-hybridized carbons (Fsp3) is 0.940. The van der Waals surface area contributed by atoms with Gasteiger partial charge in [-0.2, -0.15) is 0 Å². The molecule has 0 spiro atoms. The van der Waals surface area contributed by atoms with Crippen molar-refractivity contribution in [2.24, 2.45) is 0 Å². The first-order valence-corrected chi connectivity index (χ1v) is 25.2. The number of hydrogen-bond donors (Lipinski definition) is 0. The second-order valence-electron chi connectivity index (χ2n) is 18.5. The van der Waals surface area contributed by atoms with Crippen molar-refractivity contribution >= 4 is 17.9 Å². The van der Waals surface area contributed by atoms with Gasteiger partial charge in [0.25, 0.3) is 0 Å². The van der Waals surface area contributed by atoms with Crippen LogP contribution in [0.25, 0.3) is 0 Å². The smallest absolute Gasteiger partial charge is 0.306 e. The summed E-state index contributed by atoms with van der Waals surface area (Å²) in [6, 6.07) is 0. The third-order valence-corrected chi connectivity index (χ3v) is 11.4. The van der Waals surface area contributed by atoms with Crippen LogP contribution in [0.4, 0.5) is 0 Å². The van der Waals surface area contributed by atoms with E-state index in [9.17, 15) is 19.5 Å². The number of carbonyl (C=O) groups excluding carboxylic acids is 3. The lowest BCUT2D eigenvalue weighted by molar-refractivity contribution is -0.870. The molecule has 0 saturated heterocycles. The second kappa shape index (κ2) is 43.0. The van der Waals surface area contributed by atoms with Gasteiger partial charge in [0.15, 0.2) is 12.4 Å². The molecular weight excluding hydrogens is 743 g/mol. The van der Waals surface area contributed by atoms with E-state index in [0.29, 0.717) is 17.4 Å². The molecular formula is C50H97NO8. The van der Waals surface area contributed by atoms with Crippen LogP contribution in [-0.4, -0.2) is 82.3 Å². The van der Waals surface area contributed by atoms with Crippen LogP contribution in [-0.2, 0) is 33.3 Å². The number of likely N-dealkylation sites (N-methyl/N-ethyl adjacent to an activating group) is 1. The van der Waals surface area contributed by atoms with Crippen LogP contribution in [0.1, 0.15) is 245 Å². The zero-order valence-corrected chi connectivity index (χ0v) is 39.7. The van der Waals surface area contributed by atoms with Crippen LogP contribution < -0.4 is 5.11 Å². The average molecular weight is 840 g/mol. The minimum absolute atomic E-state index is 0.152. The maximum atomic E-state index is 12.7. The molecule has 9 nitrogen and oxygen atoms in total. The van der Waals surface area contributed by atoms with E-state index in [2.05, 4.69) is 13.8 Å². The Morgan fingerprint density at radius 3 is 1.08 bits per heavy atom. The van der Waals surface area contributed by atoms with Gasteiger partial charge in [-0.3, -0.25) is 9.59 Å². The molecule has 0 aliphatic carbocycles. The van der Waals surface area contributed by atoms with Gasteiger partial charge in [0.1, 0.15) is 13.2 Å². The van der Waals surface area contributed by atoms with Crippen molar-refractivity contribution in [2.75, 3.05) is 47.5 Å². The Morgan fingerprint density at radius 1 is 0.441 bits per heavy atom. The van der Waals surface area contributed by atoms with E-state index in [-0.39, 0.29) is 32.2 Å². The number of hydrogen-bond acceptors (Lipinski definition) is 8. The number of carboxylic acids is 1. The third-order valence-electron chi connectivity index (χ3n) is 11.4. The Balaban J connectivity index is 3.98. The number of quaternary nitrogens is 1. The number of carboxylic acid groups (broad SMARTS) is 1. The van der Waals surface area contributed by atoms with E-state index in [1.54, 1.807) is 0 Å². The largest absolute Gasteiger partial charge is 0.545 e. The summed E-state index contributed by atoms with van der Waals surface area (Å²) in [7, 11) is 5.91. The minimum atomic E-state index is -1.61. The molecule has 0 aromatic carbocycles. The van der Waals surface area contributed by atoms with Gasteiger partial charge in [0.05, 0.1) is 40.3 Å². The number of nitrogens with zero attached hydrogens (tertiary/aromatic N) is 1. The first-order valence-electron chi connectivity index (χ1n) is 25.2. The molecule has 9 heteroatoms. The van der Waals surface area contributed by atoms with Crippen LogP contribution in [0.5, 0.6) is 0 Å². The van der Waals surface area contributed by atoms with E-state index < -0.39 is 24.3 Å². The number of esters is 2. The summed E-state index contributed by atoms with van der Waals surface area (Å²) in [5, 5.41) is 11.7. The van der Waals surface area contributed by atoms with E-state index >= 15 is 0 Å². The summed E-state index contributed by atoms with van der Waals surface area (Å²) in [6.07, 6.45) is 42.0. The number of carbonyl (C=O) groups is 3. The Hall–Kier alpha value is -1.71. The first-order chi connectivity index (χ1) is 28.6. The fourth-order valence-electron chi connectivity index (χ4n) is 7.42. The highest BCUT2D eigenvalue weighted by molar-refractivity contribution is 5.70. The summed E-state index contributed by atoms with van der Waals surface area (Å²) in [5.74, 6) is -2.28. The minimum Gasteiger partial charge on any atom is -0.545 e.